The lowest BCUT2D eigenvalue weighted by molar-refractivity contribution is -0.137. The van der Waals surface area contributed by atoms with Crippen molar-refractivity contribution in [1.82, 2.24) is 5.32 Å². The second-order valence-corrected chi connectivity index (χ2v) is 4.20. The number of halogens is 3. The number of carbonyl (C=O) groups excluding carboxylic acids is 1. The van der Waals surface area contributed by atoms with Crippen molar-refractivity contribution in [3.05, 3.63) is 29.5 Å². The first-order valence-electron chi connectivity index (χ1n) is 5.62. The Bertz CT molecular complexity index is 661. The molecule has 7 heteroatoms. The van der Waals surface area contributed by atoms with Crippen molar-refractivity contribution in [3.63, 3.8) is 0 Å². The van der Waals surface area contributed by atoms with Gasteiger partial charge < -0.3 is 15.1 Å². The Labute approximate surface area is 105 Å². The Balaban J connectivity index is 2.23. The predicted molar refractivity (Wildman–Crippen MR) is 62.0 cm³/mol. The second kappa shape index (κ2) is 3.91. The van der Waals surface area contributed by atoms with Crippen LogP contribution in [-0.4, -0.2) is 19.0 Å². The van der Waals surface area contributed by atoms with Gasteiger partial charge in [-0.25, -0.2) is 0 Å². The molecule has 2 aromatic rings. The summed E-state index contributed by atoms with van der Waals surface area (Å²) in [6, 6.07) is 3.15. The number of benzene rings is 1. The van der Waals surface area contributed by atoms with Gasteiger partial charge in [-0.3, -0.25) is 4.79 Å². The number of hydrogen-bond acceptors (Lipinski definition) is 3. The lowest BCUT2D eigenvalue weighted by atomic mass is 10.1. The third kappa shape index (κ3) is 1.91. The summed E-state index contributed by atoms with van der Waals surface area (Å²) in [6.45, 7) is 0.826. The van der Waals surface area contributed by atoms with Crippen LogP contribution in [0, 0.1) is 0 Å². The zero-order valence-corrected chi connectivity index (χ0v) is 9.60. The maximum absolute atomic E-state index is 12.7. The summed E-state index contributed by atoms with van der Waals surface area (Å²) in [5, 5.41) is 5.77. The SMILES string of the molecule is O=C1NCCNc2c1oc1ccc(C(F)(F)F)cc21. The molecule has 0 saturated heterocycles. The van der Waals surface area contributed by atoms with Gasteiger partial charge in [0.1, 0.15) is 5.58 Å². The Kier molecular flexibility index (Phi) is 2.44. The van der Waals surface area contributed by atoms with Gasteiger partial charge in [0.25, 0.3) is 5.91 Å². The van der Waals surface area contributed by atoms with Gasteiger partial charge in [0, 0.05) is 18.5 Å². The van der Waals surface area contributed by atoms with E-state index in [9.17, 15) is 18.0 Å². The summed E-state index contributed by atoms with van der Waals surface area (Å²) < 4.78 is 43.4. The molecular formula is C12H9F3N2O2. The largest absolute Gasteiger partial charge is 0.449 e. The fraction of sp³-hybridized carbons (Fsp3) is 0.250. The number of hydrogen-bond donors (Lipinski definition) is 2. The van der Waals surface area contributed by atoms with Crippen LogP contribution < -0.4 is 10.6 Å². The maximum Gasteiger partial charge on any atom is 0.416 e. The van der Waals surface area contributed by atoms with E-state index in [1.165, 1.54) is 6.07 Å². The van der Waals surface area contributed by atoms with Crippen LogP contribution in [0.5, 0.6) is 0 Å². The van der Waals surface area contributed by atoms with E-state index in [0.717, 1.165) is 12.1 Å². The van der Waals surface area contributed by atoms with Crippen LogP contribution in [0.1, 0.15) is 16.1 Å². The molecular weight excluding hydrogens is 261 g/mol. The molecule has 2 heterocycles. The summed E-state index contributed by atoms with van der Waals surface area (Å²) in [6.07, 6.45) is -4.43. The summed E-state index contributed by atoms with van der Waals surface area (Å²) in [4.78, 5) is 11.7. The molecule has 1 aromatic heterocycles. The van der Waals surface area contributed by atoms with Crippen LogP contribution in [0.15, 0.2) is 22.6 Å². The highest BCUT2D eigenvalue weighted by atomic mass is 19.4. The number of rotatable bonds is 0. The smallest absolute Gasteiger partial charge is 0.416 e. The second-order valence-electron chi connectivity index (χ2n) is 4.20. The van der Waals surface area contributed by atoms with Crippen LogP contribution in [-0.2, 0) is 6.18 Å². The molecule has 1 aromatic carbocycles. The van der Waals surface area contributed by atoms with Gasteiger partial charge in [-0.2, -0.15) is 13.2 Å². The van der Waals surface area contributed by atoms with Crippen molar-refractivity contribution in [1.29, 1.82) is 0 Å². The normalized spacial score (nSPS) is 15.6. The number of nitrogens with one attached hydrogen (secondary N) is 2. The fourth-order valence-corrected chi connectivity index (χ4v) is 2.05. The van der Waals surface area contributed by atoms with Crippen LogP contribution in [0.3, 0.4) is 0 Å². The average molecular weight is 270 g/mol. The third-order valence-corrected chi connectivity index (χ3v) is 2.93. The average Bonchev–Trinajstić information content (AvgIpc) is 2.61. The molecule has 19 heavy (non-hydrogen) atoms. The molecule has 0 aliphatic carbocycles. The minimum absolute atomic E-state index is 0.0202. The van der Waals surface area contributed by atoms with Gasteiger partial charge in [0.15, 0.2) is 0 Å². The molecule has 4 nitrogen and oxygen atoms in total. The van der Waals surface area contributed by atoms with Crippen LogP contribution in [0.2, 0.25) is 0 Å². The van der Waals surface area contributed by atoms with E-state index in [-0.39, 0.29) is 16.7 Å². The van der Waals surface area contributed by atoms with Crippen molar-refractivity contribution < 1.29 is 22.4 Å². The van der Waals surface area contributed by atoms with E-state index >= 15 is 0 Å². The Morgan fingerprint density at radius 1 is 1.16 bits per heavy atom. The summed E-state index contributed by atoms with van der Waals surface area (Å²) in [7, 11) is 0. The highest BCUT2D eigenvalue weighted by molar-refractivity contribution is 6.06. The molecule has 3 rings (SSSR count). The predicted octanol–water partition coefficient (Wildman–Crippen LogP) is 2.61. The monoisotopic (exact) mass is 270 g/mol. The van der Waals surface area contributed by atoms with E-state index < -0.39 is 17.6 Å². The number of alkyl halides is 3. The summed E-state index contributed by atoms with van der Waals surface area (Å²) in [5.41, 5.74) is -0.200. The lowest BCUT2D eigenvalue weighted by Gasteiger charge is -2.06. The number of amides is 1. The molecule has 0 atom stereocenters. The molecule has 0 unspecified atom stereocenters. The van der Waals surface area contributed by atoms with Gasteiger partial charge in [0.05, 0.1) is 11.3 Å². The molecule has 2 N–H and O–H groups in total. The molecule has 0 saturated carbocycles. The van der Waals surface area contributed by atoms with Gasteiger partial charge in [-0.1, -0.05) is 0 Å². The van der Waals surface area contributed by atoms with E-state index in [2.05, 4.69) is 10.6 Å². The molecule has 1 aliphatic heterocycles. The molecule has 0 bridgehead atoms. The lowest BCUT2D eigenvalue weighted by Crippen LogP contribution is -2.24. The van der Waals surface area contributed by atoms with Gasteiger partial charge in [-0.15, -0.1) is 0 Å². The number of fused-ring (bicyclic) bond motifs is 3. The van der Waals surface area contributed by atoms with Crippen molar-refractivity contribution in [2.75, 3.05) is 18.4 Å². The highest BCUT2D eigenvalue weighted by Crippen LogP contribution is 2.37. The zero-order chi connectivity index (χ0) is 13.6. The van der Waals surface area contributed by atoms with Crippen molar-refractivity contribution in [2.45, 2.75) is 6.18 Å². The first-order valence-corrected chi connectivity index (χ1v) is 5.62. The Morgan fingerprint density at radius 3 is 2.63 bits per heavy atom. The molecule has 0 fully saturated rings. The standard InChI is InChI=1S/C12H9F3N2O2/c13-12(14,15)6-1-2-8-7(5-6)9-10(19-8)11(18)17-4-3-16-9/h1-2,5,16H,3-4H2,(H,17,18). The van der Waals surface area contributed by atoms with Gasteiger partial charge >= 0.3 is 6.18 Å². The highest BCUT2D eigenvalue weighted by Gasteiger charge is 2.32. The zero-order valence-electron chi connectivity index (χ0n) is 9.60. The first kappa shape index (κ1) is 11.9. The van der Waals surface area contributed by atoms with E-state index in [1.54, 1.807) is 0 Å². The number of furan rings is 1. The molecule has 0 radical (unpaired) electrons. The molecule has 100 valence electrons. The Hall–Kier alpha value is -2.18. The van der Waals surface area contributed by atoms with Gasteiger partial charge in [0.2, 0.25) is 5.76 Å². The van der Waals surface area contributed by atoms with Crippen molar-refractivity contribution >= 4 is 22.6 Å². The first-order chi connectivity index (χ1) is 8.97. The van der Waals surface area contributed by atoms with E-state index in [4.69, 9.17) is 4.42 Å². The minimum atomic E-state index is -4.43. The maximum atomic E-state index is 12.7. The molecule has 1 amide bonds. The quantitative estimate of drug-likeness (QED) is 0.773. The van der Waals surface area contributed by atoms with Crippen molar-refractivity contribution in [2.24, 2.45) is 0 Å². The fourth-order valence-electron chi connectivity index (χ4n) is 2.05. The summed E-state index contributed by atoms with van der Waals surface area (Å²) in [5.74, 6) is -0.406. The van der Waals surface area contributed by atoms with Crippen LogP contribution >= 0.6 is 0 Å². The number of anilines is 1. The Morgan fingerprint density at radius 2 is 1.89 bits per heavy atom. The number of carbonyl (C=O) groups is 1. The minimum Gasteiger partial charge on any atom is -0.449 e. The van der Waals surface area contributed by atoms with Crippen LogP contribution in [0.25, 0.3) is 11.0 Å². The van der Waals surface area contributed by atoms with Gasteiger partial charge in [-0.05, 0) is 18.2 Å². The molecule has 1 aliphatic rings. The summed E-state index contributed by atoms with van der Waals surface area (Å²) >= 11 is 0. The van der Waals surface area contributed by atoms with E-state index in [1.807, 2.05) is 0 Å². The topological polar surface area (TPSA) is 54.3 Å². The molecule has 0 spiro atoms. The van der Waals surface area contributed by atoms with Crippen molar-refractivity contribution in [3.8, 4) is 0 Å². The van der Waals surface area contributed by atoms with Crippen LogP contribution in [0.4, 0.5) is 18.9 Å². The third-order valence-electron chi connectivity index (χ3n) is 2.93. The van der Waals surface area contributed by atoms with E-state index in [0.29, 0.717) is 18.8 Å².